The Morgan fingerprint density at radius 1 is 1.16 bits per heavy atom. The molecule has 1 unspecified atom stereocenters. The van der Waals surface area contributed by atoms with Crippen LogP contribution in [0.5, 0.6) is 17.2 Å². The monoisotopic (exact) mass is 622 g/mol. The molecule has 1 atom stereocenters. The third kappa shape index (κ3) is 6.89. The molecule has 3 aromatic rings. The molecule has 1 amide bonds. The molecule has 0 aliphatic carbocycles. The highest BCUT2D eigenvalue weighted by Crippen LogP contribution is 2.46. The van der Waals surface area contributed by atoms with Crippen LogP contribution in [0.1, 0.15) is 12.8 Å². The van der Waals surface area contributed by atoms with Crippen LogP contribution in [0.2, 0.25) is 0 Å². The Hall–Kier alpha value is -4.35. The molecule has 1 fully saturated rings. The number of methoxy groups -OCH3 is 1. The van der Waals surface area contributed by atoms with Crippen molar-refractivity contribution in [1.29, 1.82) is 0 Å². The van der Waals surface area contributed by atoms with Crippen molar-refractivity contribution in [2.75, 3.05) is 81.7 Å². The largest absolute Gasteiger partial charge is 0.494 e. The van der Waals surface area contributed by atoms with Crippen molar-refractivity contribution in [1.82, 2.24) is 19.9 Å². The standard InChI is InChI=1S/C30H39N8O5P/c1-7-26(39)33-21-15-22(25(41-4)16-23(21)38(3)17-19-9-8-12-37(19)2)35-30-32-18-31-29(36-30)34-20-10-11-24-27(43-14-13-42-24)28(20)44(5,6)40/h7,10-11,15-16,18-19H,1,8-9,12-14,17H2,2-6H3,(H,33,39)(H2,31,32,34,35,36). The Labute approximate surface area is 257 Å². The zero-order chi connectivity index (χ0) is 31.4. The van der Waals surface area contributed by atoms with Crippen LogP contribution in [-0.4, -0.2) is 92.6 Å². The summed E-state index contributed by atoms with van der Waals surface area (Å²) in [5, 5.41) is 9.81. The van der Waals surface area contributed by atoms with E-state index >= 15 is 0 Å². The quantitative estimate of drug-likeness (QED) is 0.210. The van der Waals surface area contributed by atoms with Gasteiger partial charge >= 0.3 is 0 Å². The van der Waals surface area contributed by atoms with Gasteiger partial charge in [-0.1, -0.05) is 6.58 Å². The molecular formula is C30H39N8O5P. The second kappa shape index (κ2) is 13.1. The molecule has 2 aromatic carbocycles. The summed E-state index contributed by atoms with van der Waals surface area (Å²) < 4.78 is 30.6. The Morgan fingerprint density at radius 2 is 1.89 bits per heavy atom. The van der Waals surface area contributed by atoms with Crippen molar-refractivity contribution in [3.05, 3.63) is 43.2 Å². The van der Waals surface area contributed by atoms with Crippen LogP contribution in [-0.2, 0) is 9.36 Å². The fourth-order valence-electron chi connectivity index (χ4n) is 5.45. The van der Waals surface area contributed by atoms with Crippen LogP contribution in [0.3, 0.4) is 0 Å². The number of nitrogens with one attached hydrogen (secondary N) is 3. The van der Waals surface area contributed by atoms with E-state index in [4.69, 9.17) is 14.2 Å². The normalized spacial score (nSPS) is 16.2. The molecule has 14 heteroatoms. The minimum atomic E-state index is -2.80. The van der Waals surface area contributed by atoms with Gasteiger partial charge in [0.25, 0.3) is 0 Å². The van der Waals surface area contributed by atoms with Crippen molar-refractivity contribution in [2.45, 2.75) is 18.9 Å². The third-order valence-corrected chi connectivity index (χ3v) is 9.14. The van der Waals surface area contributed by atoms with Gasteiger partial charge in [-0.15, -0.1) is 0 Å². The molecule has 1 aromatic heterocycles. The van der Waals surface area contributed by atoms with Crippen LogP contribution in [0.4, 0.5) is 34.6 Å². The van der Waals surface area contributed by atoms with Gasteiger partial charge in [-0.05, 0) is 64.0 Å². The van der Waals surface area contributed by atoms with Crippen LogP contribution in [0.25, 0.3) is 0 Å². The fourth-order valence-corrected chi connectivity index (χ4v) is 6.83. The van der Waals surface area contributed by atoms with E-state index in [-0.39, 0.29) is 17.8 Å². The van der Waals surface area contributed by atoms with Crippen molar-refractivity contribution in [3.8, 4) is 17.2 Å². The summed E-state index contributed by atoms with van der Waals surface area (Å²) in [5.74, 6) is 1.67. The maximum absolute atomic E-state index is 13.3. The highest BCUT2D eigenvalue weighted by molar-refractivity contribution is 7.70. The average molecular weight is 623 g/mol. The number of fused-ring (bicyclic) bond motifs is 1. The molecule has 0 saturated carbocycles. The molecule has 13 nitrogen and oxygen atoms in total. The Balaban J connectivity index is 1.44. The van der Waals surface area contributed by atoms with E-state index in [0.29, 0.717) is 58.9 Å². The number of likely N-dealkylation sites (tertiary alicyclic amines) is 1. The number of anilines is 6. The van der Waals surface area contributed by atoms with E-state index in [9.17, 15) is 9.36 Å². The first-order valence-corrected chi connectivity index (χ1v) is 17.0. The van der Waals surface area contributed by atoms with Gasteiger partial charge in [0.2, 0.25) is 17.8 Å². The number of carbonyl (C=O) groups is 1. The lowest BCUT2D eigenvalue weighted by molar-refractivity contribution is -0.111. The number of rotatable bonds is 11. The summed E-state index contributed by atoms with van der Waals surface area (Å²) in [6.45, 7) is 9.60. The highest BCUT2D eigenvalue weighted by atomic mass is 31.2. The Bertz CT molecular complexity index is 1600. The molecular weight excluding hydrogens is 583 g/mol. The predicted octanol–water partition coefficient (Wildman–Crippen LogP) is 4.04. The Morgan fingerprint density at radius 3 is 2.55 bits per heavy atom. The molecule has 5 rings (SSSR count). The topological polar surface area (TPSA) is 143 Å². The first-order valence-electron chi connectivity index (χ1n) is 14.4. The van der Waals surface area contributed by atoms with Gasteiger partial charge in [0.15, 0.2) is 11.5 Å². The number of amides is 1. The molecule has 2 aliphatic rings. The predicted molar refractivity (Wildman–Crippen MR) is 174 cm³/mol. The minimum Gasteiger partial charge on any atom is -0.494 e. The van der Waals surface area contributed by atoms with Crippen molar-refractivity contribution < 1.29 is 23.6 Å². The van der Waals surface area contributed by atoms with Crippen molar-refractivity contribution >= 4 is 53.0 Å². The maximum Gasteiger partial charge on any atom is 0.247 e. The molecule has 234 valence electrons. The number of aromatic nitrogens is 3. The summed E-state index contributed by atoms with van der Waals surface area (Å²) in [6.07, 6.45) is 4.87. The molecule has 1 saturated heterocycles. The summed E-state index contributed by atoms with van der Waals surface area (Å²) in [7, 11) is 2.92. The number of nitrogens with zero attached hydrogens (tertiary/aromatic N) is 5. The van der Waals surface area contributed by atoms with Crippen molar-refractivity contribution in [3.63, 3.8) is 0 Å². The van der Waals surface area contributed by atoms with Gasteiger partial charge in [0.05, 0.1) is 35.2 Å². The second-order valence-corrected chi connectivity index (χ2v) is 14.3. The van der Waals surface area contributed by atoms with Gasteiger partial charge in [0, 0.05) is 25.7 Å². The van der Waals surface area contributed by atoms with Crippen LogP contribution < -0.4 is 40.4 Å². The first kappa shape index (κ1) is 31.1. The number of hydrogen-bond donors (Lipinski definition) is 3. The maximum atomic E-state index is 13.3. The SMILES string of the molecule is C=CC(=O)Nc1cc(Nc2ncnc(Nc3ccc4c(c3P(C)(C)=O)OCCO4)n2)c(OC)cc1N(C)CC1CCCN1C. The lowest BCUT2D eigenvalue weighted by Crippen LogP contribution is -2.37. The lowest BCUT2D eigenvalue weighted by Gasteiger charge is -2.29. The minimum absolute atomic E-state index is 0.227. The number of likely N-dealkylation sites (N-methyl/N-ethyl adjacent to an activating group) is 2. The average Bonchev–Trinajstić information content (AvgIpc) is 3.40. The van der Waals surface area contributed by atoms with Gasteiger partial charge in [-0.25, -0.2) is 9.97 Å². The van der Waals surface area contributed by atoms with Crippen LogP contribution in [0, 0.1) is 0 Å². The Kier molecular flexibility index (Phi) is 9.26. The van der Waals surface area contributed by atoms with Gasteiger partial charge in [0.1, 0.15) is 32.4 Å². The second-order valence-electron chi connectivity index (χ2n) is 11.1. The summed E-state index contributed by atoms with van der Waals surface area (Å²) >= 11 is 0. The summed E-state index contributed by atoms with van der Waals surface area (Å²) in [6, 6.07) is 7.61. The van der Waals surface area contributed by atoms with Gasteiger partial charge in [-0.3, -0.25) is 4.79 Å². The van der Waals surface area contributed by atoms with E-state index < -0.39 is 7.14 Å². The molecule has 0 bridgehead atoms. The smallest absolute Gasteiger partial charge is 0.247 e. The molecule has 2 aliphatic heterocycles. The number of ether oxygens (including phenoxy) is 3. The zero-order valence-electron chi connectivity index (χ0n) is 25.7. The number of hydrogen-bond acceptors (Lipinski definition) is 12. The van der Waals surface area contributed by atoms with Crippen LogP contribution in [0.15, 0.2) is 43.2 Å². The molecule has 0 radical (unpaired) electrons. The van der Waals surface area contributed by atoms with Gasteiger partial charge < -0.3 is 44.5 Å². The zero-order valence-corrected chi connectivity index (χ0v) is 26.6. The summed E-state index contributed by atoms with van der Waals surface area (Å²) in [5.41, 5.74) is 2.46. The first-order chi connectivity index (χ1) is 21.1. The van der Waals surface area contributed by atoms with E-state index in [1.54, 1.807) is 38.6 Å². The van der Waals surface area contributed by atoms with E-state index in [1.165, 1.54) is 12.4 Å². The summed E-state index contributed by atoms with van der Waals surface area (Å²) in [4.78, 5) is 30.0. The van der Waals surface area contributed by atoms with E-state index in [2.05, 4.69) is 54.3 Å². The fraction of sp³-hybridized carbons (Fsp3) is 0.400. The van der Waals surface area contributed by atoms with E-state index in [0.717, 1.165) is 31.6 Å². The highest BCUT2D eigenvalue weighted by Gasteiger charge is 2.28. The van der Waals surface area contributed by atoms with E-state index in [1.807, 2.05) is 13.1 Å². The lowest BCUT2D eigenvalue weighted by atomic mass is 10.1. The molecule has 3 N–H and O–H groups in total. The van der Waals surface area contributed by atoms with Crippen molar-refractivity contribution in [2.24, 2.45) is 0 Å². The molecule has 0 spiro atoms. The number of benzene rings is 2. The molecule has 44 heavy (non-hydrogen) atoms. The number of carbonyl (C=O) groups excluding carboxylic acids is 1. The van der Waals surface area contributed by atoms with Crippen LogP contribution >= 0.6 is 7.14 Å². The third-order valence-electron chi connectivity index (χ3n) is 7.61. The van der Waals surface area contributed by atoms with Gasteiger partial charge in [-0.2, -0.15) is 4.98 Å². The molecule has 3 heterocycles.